The molecule has 5 aromatic rings. The van der Waals surface area contributed by atoms with Crippen molar-refractivity contribution in [3.8, 4) is 28.2 Å². The van der Waals surface area contributed by atoms with Crippen LogP contribution in [-0.4, -0.2) is 52.3 Å². The number of aromatic amines is 1. The van der Waals surface area contributed by atoms with Crippen molar-refractivity contribution in [2.75, 3.05) is 6.61 Å². The molecule has 0 bridgehead atoms. The predicted molar refractivity (Wildman–Crippen MR) is 136 cm³/mol. The highest BCUT2D eigenvalue weighted by Gasteiger charge is 2.29. The van der Waals surface area contributed by atoms with Gasteiger partial charge in [-0.2, -0.15) is 4.68 Å². The predicted octanol–water partition coefficient (Wildman–Crippen LogP) is 3.70. The van der Waals surface area contributed by atoms with E-state index < -0.39 is 0 Å². The summed E-state index contributed by atoms with van der Waals surface area (Å²) in [4.78, 5) is 38.5. The number of carbonyl (C=O) groups excluding carboxylic acids is 1. The van der Waals surface area contributed by atoms with E-state index in [1.165, 1.54) is 28.4 Å². The molecule has 1 atom stereocenters. The topological polar surface area (TPSA) is 133 Å². The van der Waals surface area contributed by atoms with Crippen molar-refractivity contribution in [2.45, 2.75) is 25.8 Å². The number of para-hydroxylation sites is 1. The molecule has 0 unspecified atom stereocenters. The molecule has 0 saturated carbocycles. The van der Waals surface area contributed by atoms with Crippen molar-refractivity contribution in [1.29, 1.82) is 0 Å². The van der Waals surface area contributed by atoms with Crippen molar-refractivity contribution in [2.24, 2.45) is 0 Å². The Morgan fingerprint density at radius 1 is 1.32 bits per heavy atom. The third-order valence-electron chi connectivity index (χ3n) is 6.12. The monoisotopic (exact) mass is 534 g/mol. The summed E-state index contributed by atoms with van der Waals surface area (Å²) in [7, 11) is 0. The molecule has 0 radical (unpaired) electrons. The van der Waals surface area contributed by atoms with Gasteiger partial charge in [-0.25, -0.2) is 14.8 Å². The number of H-pyrrole nitrogens is 1. The molecule has 0 saturated heterocycles. The van der Waals surface area contributed by atoms with E-state index in [1.54, 1.807) is 35.9 Å². The Balaban J connectivity index is 1.33. The van der Waals surface area contributed by atoms with Crippen LogP contribution in [-0.2, 0) is 11.2 Å². The van der Waals surface area contributed by atoms with E-state index in [0.717, 1.165) is 11.3 Å². The number of hydrogen-bond donors (Lipinski definition) is 1. The van der Waals surface area contributed by atoms with Crippen LogP contribution in [0, 0.1) is 0 Å². The number of aryl methyl sites for hydroxylation is 1. The van der Waals surface area contributed by atoms with Gasteiger partial charge in [-0.05, 0) is 35.9 Å². The van der Waals surface area contributed by atoms with Crippen LogP contribution in [0.1, 0.15) is 40.7 Å². The first kappa shape index (κ1) is 23.3. The maximum atomic E-state index is 13.3. The number of hydrogen-bond acceptors (Lipinski definition) is 9. The van der Waals surface area contributed by atoms with E-state index in [-0.39, 0.29) is 17.6 Å². The van der Waals surface area contributed by atoms with E-state index in [1.807, 2.05) is 11.4 Å². The minimum atomic E-state index is -0.348. The number of nitrogens with one attached hydrogen (secondary N) is 1. The summed E-state index contributed by atoms with van der Waals surface area (Å²) >= 11 is 7.77. The van der Waals surface area contributed by atoms with Crippen LogP contribution < -0.4 is 5.56 Å². The molecule has 37 heavy (non-hydrogen) atoms. The Hall–Kier alpha value is -4.16. The Morgan fingerprint density at radius 3 is 3.03 bits per heavy atom. The number of halogens is 1. The molecular formula is C24H19ClN8O3S. The number of carbonyl (C=O) groups is 1. The summed E-state index contributed by atoms with van der Waals surface area (Å²) in [6.07, 6.45) is 4.43. The number of tetrazole rings is 1. The summed E-state index contributed by atoms with van der Waals surface area (Å²) in [6, 6.07) is 8.35. The second-order valence-corrected chi connectivity index (χ2v) is 9.63. The van der Waals surface area contributed by atoms with Gasteiger partial charge >= 0.3 is 5.97 Å². The quantitative estimate of drug-likeness (QED) is 0.326. The molecule has 5 heterocycles. The average molecular weight is 535 g/mol. The lowest BCUT2D eigenvalue weighted by atomic mass is 10.1. The standard InChI is InChI=1S/C24H19ClN8O3S/c1-2-36-24(35)19-8-13(11-37-19)17-10-26-23(29-17)18-6-7-20-28-16(9-21(34)33(18)20)14-4-3-5-15(25)22(14)32-12-27-30-31-32/h3-5,8-12,18H,2,6-7H2,1H3,(H,26,29)/t18-/m0/s1. The zero-order valence-corrected chi connectivity index (χ0v) is 21.0. The number of esters is 1. The number of ether oxygens (including phenoxy) is 1. The Morgan fingerprint density at radius 2 is 2.22 bits per heavy atom. The SMILES string of the molecule is CCOC(=O)c1cc(-c2cnc([C@@H]3CCc4nc(-c5cccc(Cl)c5-n5cnnn5)cc(=O)n43)[nH]2)cs1. The van der Waals surface area contributed by atoms with Crippen LogP contribution in [0.4, 0.5) is 0 Å². The summed E-state index contributed by atoms with van der Waals surface area (Å²) in [6.45, 7) is 2.09. The molecule has 0 fully saturated rings. The highest BCUT2D eigenvalue weighted by atomic mass is 35.5. The van der Waals surface area contributed by atoms with Crippen LogP contribution in [0.15, 0.2) is 53.0 Å². The van der Waals surface area contributed by atoms with Crippen LogP contribution in [0.3, 0.4) is 0 Å². The summed E-state index contributed by atoms with van der Waals surface area (Å²) in [5, 5.41) is 13.6. The maximum absolute atomic E-state index is 13.3. The molecule has 1 N–H and O–H groups in total. The van der Waals surface area contributed by atoms with Gasteiger partial charge in [0.15, 0.2) is 0 Å². The van der Waals surface area contributed by atoms with E-state index in [4.69, 9.17) is 21.3 Å². The summed E-state index contributed by atoms with van der Waals surface area (Å²) in [5.74, 6) is 0.972. The number of rotatable bonds is 6. The molecule has 1 aromatic carbocycles. The van der Waals surface area contributed by atoms with Gasteiger partial charge in [0.25, 0.3) is 5.56 Å². The highest BCUT2D eigenvalue weighted by Crippen LogP contribution is 2.34. The van der Waals surface area contributed by atoms with Gasteiger partial charge in [-0.3, -0.25) is 9.36 Å². The normalized spacial score (nSPS) is 14.6. The highest BCUT2D eigenvalue weighted by molar-refractivity contribution is 7.12. The van der Waals surface area contributed by atoms with E-state index in [2.05, 4.69) is 25.5 Å². The van der Waals surface area contributed by atoms with Crippen LogP contribution in [0.5, 0.6) is 0 Å². The molecule has 6 rings (SSSR count). The second-order valence-electron chi connectivity index (χ2n) is 8.31. The molecule has 0 spiro atoms. The lowest BCUT2D eigenvalue weighted by Gasteiger charge is -2.14. The lowest BCUT2D eigenvalue weighted by molar-refractivity contribution is 0.0532. The van der Waals surface area contributed by atoms with Gasteiger partial charge in [0.1, 0.15) is 22.9 Å². The molecule has 1 aliphatic rings. The fourth-order valence-corrected chi connectivity index (χ4v) is 5.56. The van der Waals surface area contributed by atoms with Crippen LogP contribution in [0.2, 0.25) is 5.02 Å². The van der Waals surface area contributed by atoms with Gasteiger partial charge in [0, 0.05) is 29.0 Å². The number of benzene rings is 1. The third kappa shape index (κ3) is 4.13. The minimum absolute atomic E-state index is 0.191. The zero-order chi connectivity index (χ0) is 25.5. The third-order valence-corrected chi connectivity index (χ3v) is 7.33. The van der Waals surface area contributed by atoms with Crippen molar-refractivity contribution < 1.29 is 9.53 Å². The van der Waals surface area contributed by atoms with Gasteiger partial charge < -0.3 is 9.72 Å². The molecule has 1 aliphatic heterocycles. The van der Waals surface area contributed by atoms with Gasteiger partial charge in [-0.15, -0.1) is 16.4 Å². The number of aromatic nitrogens is 8. The van der Waals surface area contributed by atoms with Gasteiger partial charge in [0.2, 0.25) is 0 Å². The molecular weight excluding hydrogens is 516 g/mol. The Labute approximate surface area is 218 Å². The van der Waals surface area contributed by atoms with Gasteiger partial charge in [0.05, 0.1) is 40.9 Å². The van der Waals surface area contributed by atoms with Crippen molar-refractivity contribution in [3.63, 3.8) is 0 Å². The molecule has 4 aromatic heterocycles. The van der Waals surface area contributed by atoms with Crippen LogP contribution in [0.25, 0.3) is 28.2 Å². The lowest BCUT2D eigenvalue weighted by Crippen LogP contribution is -2.25. The molecule has 186 valence electrons. The Bertz CT molecular complexity index is 1670. The summed E-state index contributed by atoms with van der Waals surface area (Å²) in [5.41, 5.74) is 3.10. The first-order valence-corrected chi connectivity index (χ1v) is 12.7. The van der Waals surface area contributed by atoms with E-state index in [9.17, 15) is 9.59 Å². The number of imidazole rings is 1. The second kappa shape index (κ2) is 9.37. The van der Waals surface area contributed by atoms with Crippen molar-refractivity contribution in [1.82, 2.24) is 39.7 Å². The number of fused-ring (bicyclic) bond motifs is 1. The molecule has 0 aliphatic carbocycles. The fourth-order valence-electron chi connectivity index (χ4n) is 4.50. The van der Waals surface area contributed by atoms with Crippen molar-refractivity contribution >= 4 is 28.9 Å². The average Bonchev–Trinajstić information content (AvgIpc) is 3.69. The number of nitrogens with zero attached hydrogens (tertiary/aromatic N) is 7. The molecule has 13 heteroatoms. The summed E-state index contributed by atoms with van der Waals surface area (Å²) < 4.78 is 8.20. The molecule has 11 nitrogen and oxygen atoms in total. The maximum Gasteiger partial charge on any atom is 0.348 e. The fraction of sp³-hybridized carbons (Fsp3) is 0.208. The van der Waals surface area contributed by atoms with E-state index >= 15 is 0 Å². The first-order valence-electron chi connectivity index (χ1n) is 11.5. The zero-order valence-electron chi connectivity index (χ0n) is 19.5. The Kier molecular flexibility index (Phi) is 5.89. The minimum Gasteiger partial charge on any atom is -0.462 e. The number of thiophene rings is 1. The smallest absolute Gasteiger partial charge is 0.348 e. The van der Waals surface area contributed by atoms with Crippen molar-refractivity contribution in [3.05, 3.63) is 80.1 Å². The first-order chi connectivity index (χ1) is 18.0. The van der Waals surface area contributed by atoms with Crippen LogP contribution >= 0.6 is 22.9 Å². The molecule has 0 amide bonds. The van der Waals surface area contributed by atoms with E-state index in [0.29, 0.717) is 57.9 Å². The largest absolute Gasteiger partial charge is 0.462 e. The van der Waals surface area contributed by atoms with Gasteiger partial charge in [-0.1, -0.05) is 23.7 Å².